The van der Waals surface area contributed by atoms with Gasteiger partial charge in [-0.15, -0.1) is 0 Å². The predicted molar refractivity (Wildman–Crippen MR) is 78.9 cm³/mol. The van der Waals surface area contributed by atoms with Crippen LogP contribution >= 0.6 is 0 Å². The van der Waals surface area contributed by atoms with Crippen molar-refractivity contribution in [1.82, 2.24) is 24.5 Å². The fourth-order valence-corrected chi connectivity index (χ4v) is 3.15. The van der Waals surface area contributed by atoms with E-state index in [1.807, 2.05) is 42.9 Å². The lowest BCUT2D eigenvalue weighted by Crippen LogP contribution is -2.38. The lowest BCUT2D eigenvalue weighted by Gasteiger charge is -2.25. The van der Waals surface area contributed by atoms with Gasteiger partial charge in [0.1, 0.15) is 5.69 Å². The average molecular weight is 287 g/mol. The number of likely N-dealkylation sites (tertiary alicyclic amines) is 1. The molecule has 6 nitrogen and oxygen atoms in total. The molecule has 1 aliphatic heterocycles. The highest BCUT2D eigenvalue weighted by Gasteiger charge is 2.32. The quantitative estimate of drug-likeness (QED) is 0.855. The molecule has 0 saturated carbocycles. The number of hydrogen-bond donors (Lipinski definition) is 0. The molecular formula is C15H21N5O. The summed E-state index contributed by atoms with van der Waals surface area (Å²) in [6.07, 6.45) is 6.53. The van der Waals surface area contributed by atoms with Crippen LogP contribution in [0.1, 0.15) is 34.6 Å². The van der Waals surface area contributed by atoms with Crippen LogP contribution in [0.15, 0.2) is 18.5 Å². The van der Waals surface area contributed by atoms with Gasteiger partial charge in [0.05, 0.1) is 6.20 Å². The summed E-state index contributed by atoms with van der Waals surface area (Å²) in [6.45, 7) is 2.76. The topological polar surface area (TPSA) is 56.0 Å². The molecule has 21 heavy (non-hydrogen) atoms. The fraction of sp³-hybridized carbons (Fsp3) is 0.533. The second kappa shape index (κ2) is 5.35. The minimum absolute atomic E-state index is 0.0946. The minimum Gasteiger partial charge on any atom is -0.334 e. The van der Waals surface area contributed by atoms with Crippen LogP contribution in [-0.2, 0) is 20.5 Å². The second-order valence-electron chi connectivity index (χ2n) is 5.74. The summed E-state index contributed by atoms with van der Waals surface area (Å²) in [5, 5.41) is 8.38. The van der Waals surface area contributed by atoms with Gasteiger partial charge in [-0.25, -0.2) is 0 Å². The molecule has 1 atom stereocenters. The Hall–Kier alpha value is -2.11. The van der Waals surface area contributed by atoms with Crippen molar-refractivity contribution in [1.29, 1.82) is 0 Å². The summed E-state index contributed by atoms with van der Waals surface area (Å²) in [4.78, 5) is 14.8. The van der Waals surface area contributed by atoms with E-state index < -0.39 is 0 Å². The number of amides is 1. The predicted octanol–water partition coefficient (Wildman–Crippen LogP) is 1.31. The Kier molecular flexibility index (Phi) is 3.53. The monoisotopic (exact) mass is 287 g/mol. The Morgan fingerprint density at radius 1 is 1.33 bits per heavy atom. The first-order valence-corrected chi connectivity index (χ1v) is 7.34. The summed E-state index contributed by atoms with van der Waals surface area (Å²) in [7, 11) is 3.77. The SMILES string of the molecule is Cc1cnn(C)c1C(=O)N1CCC[C@H]1Cc1ccnn1C. The first kappa shape index (κ1) is 13.9. The Balaban J connectivity index is 1.81. The summed E-state index contributed by atoms with van der Waals surface area (Å²) >= 11 is 0. The zero-order valence-electron chi connectivity index (χ0n) is 12.8. The van der Waals surface area contributed by atoms with Crippen LogP contribution < -0.4 is 0 Å². The molecule has 112 valence electrons. The molecule has 1 aliphatic rings. The molecule has 2 aromatic heterocycles. The van der Waals surface area contributed by atoms with Gasteiger partial charge >= 0.3 is 0 Å². The molecular weight excluding hydrogens is 266 g/mol. The lowest BCUT2D eigenvalue weighted by molar-refractivity contribution is 0.0723. The molecule has 0 radical (unpaired) electrons. The lowest BCUT2D eigenvalue weighted by atomic mass is 10.1. The third kappa shape index (κ3) is 2.46. The molecule has 1 fully saturated rings. The first-order chi connectivity index (χ1) is 10.1. The number of aryl methyl sites for hydroxylation is 3. The van der Waals surface area contributed by atoms with E-state index in [9.17, 15) is 4.79 Å². The van der Waals surface area contributed by atoms with Gasteiger partial charge in [-0.3, -0.25) is 14.2 Å². The average Bonchev–Trinajstić information content (AvgIpc) is 3.14. The van der Waals surface area contributed by atoms with Crippen molar-refractivity contribution in [3.8, 4) is 0 Å². The highest BCUT2D eigenvalue weighted by atomic mass is 16.2. The Labute approximate surface area is 124 Å². The van der Waals surface area contributed by atoms with Crippen molar-refractivity contribution in [2.45, 2.75) is 32.2 Å². The van der Waals surface area contributed by atoms with Gasteiger partial charge in [0.15, 0.2) is 0 Å². The molecule has 0 spiro atoms. The van der Waals surface area contributed by atoms with E-state index in [2.05, 4.69) is 10.2 Å². The normalized spacial score (nSPS) is 18.4. The van der Waals surface area contributed by atoms with Crippen LogP contribution in [0.25, 0.3) is 0 Å². The Morgan fingerprint density at radius 2 is 2.14 bits per heavy atom. The van der Waals surface area contributed by atoms with Crippen LogP contribution in [-0.4, -0.2) is 43.0 Å². The molecule has 3 heterocycles. The van der Waals surface area contributed by atoms with Gasteiger partial charge < -0.3 is 4.90 Å². The van der Waals surface area contributed by atoms with E-state index in [-0.39, 0.29) is 11.9 Å². The number of carbonyl (C=O) groups is 1. The molecule has 0 unspecified atom stereocenters. The van der Waals surface area contributed by atoms with Gasteiger partial charge in [0.2, 0.25) is 0 Å². The molecule has 0 bridgehead atoms. The van der Waals surface area contributed by atoms with Crippen molar-refractivity contribution < 1.29 is 4.79 Å². The standard InChI is InChI=1S/C15H21N5O/c1-11-10-17-19(3)14(11)15(21)20-8-4-5-13(20)9-12-6-7-16-18(12)2/h6-7,10,13H,4-5,8-9H2,1-3H3/t13-/m0/s1. The van der Waals surface area contributed by atoms with Crippen LogP contribution in [0.4, 0.5) is 0 Å². The maximum Gasteiger partial charge on any atom is 0.272 e. The molecule has 1 saturated heterocycles. The largest absolute Gasteiger partial charge is 0.334 e. The fourth-order valence-electron chi connectivity index (χ4n) is 3.15. The van der Waals surface area contributed by atoms with E-state index in [0.29, 0.717) is 5.69 Å². The molecule has 2 aromatic rings. The van der Waals surface area contributed by atoms with E-state index in [4.69, 9.17) is 0 Å². The zero-order valence-corrected chi connectivity index (χ0v) is 12.8. The molecule has 1 amide bonds. The van der Waals surface area contributed by atoms with Crippen molar-refractivity contribution >= 4 is 5.91 Å². The zero-order chi connectivity index (χ0) is 15.0. The highest BCUT2D eigenvalue weighted by Crippen LogP contribution is 2.24. The van der Waals surface area contributed by atoms with Gasteiger partial charge in [-0.2, -0.15) is 10.2 Å². The van der Waals surface area contributed by atoms with E-state index in [1.165, 1.54) is 5.69 Å². The maximum absolute atomic E-state index is 12.8. The molecule has 6 heteroatoms. The van der Waals surface area contributed by atoms with Crippen molar-refractivity contribution in [2.75, 3.05) is 6.54 Å². The third-order valence-electron chi connectivity index (χ3n) is 4.33. The smallest absolute Gasteiger partial charge is 0.272 e. The first-order valence-electron chi connectivity index (χ1n) is 7.34. The van der Waals surface area contributed by atoms with Gasteiger partial charge in [-0.1, -0.05) is 0 Å². The number of aromatic nitrogens is 4. The van der Waals surface area contributed by atoms with Gasteiger partial charge in [0.25, 0.3) is 5.91 Å². The number of hydrogen-bond acceptors (Lipinski definition) is 3. The minimum atomic E-state index is 0.0946. The number of nitrogens with zero attached hydrogens (tertiary/aromatic N) is 5. The summed E-state index contributed by atoms with van der Waals surface area (Å²) in [5.74, 6) is 0.0946. The van der Waals surface area contributed by atoms with Crippen molar-refractivity contribution in [3.05, 3.63) is 35.4 Å². The van der Waals surface area contributed by atoms with Crippen LogP contribution in [0.5, 0.6) is 0 Å². The van der Waals surface area contributed by atoms with Crippen LogP contribution in [0, 0.1) is 6.92 Å². The van der Waals surface area contributed by atoms with E-state index in [1.54, 1.807) is 10.9 Å². The third-order valence-corrected chi connectivity index (χ3v) is 4.33. The molecule has 0 aliphatic carbocycles. The molecule has 0 aromatic carbocycles. The van der Waals surface area contributed by atoms with E-state index in [0.717, 1.165) is 31.4 Å². The summed E-state index contributed by atoms with van der Waals surface area (Å²) in [6, 6.07) is 2.28. The number of carbonyl (C=O) groups excluding carboxylic acids is 1. The second-order valence-corrected chi connectivity index (χ2v) is 5.74. The van der Waals surface area contributed by atoms with Crippen molar-refractivity contribution in [3.63, 3.8) is 0 Å². The van der Waals surface area contributed by atoms with Crippen LogP contribution in [0.3, 0.4) is 0 Å². The van der Waals surface area contributed by atoms with Gasteiger partial charge in [-0.05, 0) is 31.4 Å². The molecule has 0 N–H and O–H groups in total. The van der Waals surface area contributed by atoms with E-state index >= 15 is 0 Å². The van der Waals surface area contributed by atoms with Crippen LogP contribution in [0.2, 0.25) is 0 Å². The summed E-state index contributed by atoms with van der Waals surface area (Å²) in [5.41, 5.74) is 2.81. The summed E-state index contributed by atoms with van der Waals surface area (Å²) < 4.78 is 3.56. The molecule has 3 rings (SSSR count). The Bertz CT molecular complexity index is 637. The van der Waals surface area contributed by atoms with Gasteiger partial charge in [0, 0.05) is 45.0 Å². The Morgan fingerprint density at radius 3 is 2.76 bits per heavy atom. The number of rotatable bonds is 3. The van der Waals surface area contributed by atoms with Crippen molar-refractivity contribution in [2.24, 2.45) is 14.1 Å². The highest BCUT2D eigenvalue weighted by molar-refractivity contribution is 5.94. The maximum atomic E-state index is 12.8.